The molecule has 0 aliphatic rings. The van der Waals surface area contributed by atoms with Gasteiger partial charge in [0.15, 0.2) is 0 Å². The van der Waals surface area contributed by atoms with Gasteiger partial charge in [-0.25, -0.2) is 9.37 Å². The lowest BCUT2D eigenvalue weighted by molar-refractivity contribution is 0.631. The predicted octanol–water partition coefficient (Wildman–Crippen LogP) is 5.41. The third-order valence-electron chi connectivity index (χ3n) is 4.01. The summed E-state index contributed by atoms with van der Waals surface area (Å²) in [7, 11) is 0. The smallest absolute Gasteiger partial charge is 0.139 e. The Hall–Kier alpha value is -2.85. The Labute approximate surface area is 149 Å². The van der Waals surface area contributed by atoms with Crippen molar-refractivity contribution in [3.63, 3.8) is 0 Å². The molecule has 0 atom stereocenters. The normalized spacial score (nSPS) is 11.0. The summed E-state index contributed by atoms with van der Waals surface area (Å²) in [6, 6.07) is 20.0. The van der Waals surface area contributed by atoms with E-state index in [1.54, 1.807) is 12.1 Å². The lowest BCUT2D eigenvalue weighted by Gasteiger charge is -2.10. The van der Waals surface area contributed by atoms with Gasteiger partial charge < -0.3 is 5.32 Å². The molecule has 2 aromatic heterocycles. The molecule has 0 radical (unpaired) electrons. The molecule has 124 valence electrons. The quantitative estimate of drug-likeness (QED) is 0.533. The summed E-state index contributed by atoms with van der Waals surface area (Å²) in [5.74, 6) is 0.456. The van der Waals surface area contributed by atoms with Crippen molar-refractivity contribution in [3.8, 4) is 11.3 Å². The number of halogens is 2. The summed E-state index contributed by atoms with van der Waals surface area (Å²) >= 11 is 6.05. The van der Waals surface area contributed by atoms with Gasteiger partial charge in [0.1, 0.15) is 23.0 Å². The van der Waals surface area contributed by atoms with Gasteiger partial charge >= 0.3 is 0 Å². The van der Waals surface area contributed by atoms with Crippen LogP contribution < -0.4 is 5.32 Å². The van der Waals surface area contributed by atoms with E-state index in [0.29, 0.717) is 22.8 Å². The first-order valence-electron chi connectivity index (χ1n) is 7.93. The minimum atomic E-state index is -0.295. The van der Waals surface area contributed by atoms with E-state index in [4.69, 9.17) is 11.6 Å². The highest BCUT2D eigenvalue weighted by Crippen LogP contribution is 2.31. The lowest BCUT2D eigenvalue weighted by Crippen LogP contribution is -2.03. The average molecular weight is 352 g/mol. The van der Waals surface area contributed by atoms with Crippen molar-refractivity contribution in [2.45, 2.75) is 6.54 Å². The molecule has 0 amide bonds. The first-order valence-corrected chi connectivity index (χ1v) is 8.30. The number of pyridine rings is 1. The predicted molar refractivity (Wildman–Crippen MR) is 99.4 cm³/mol. The highest BCUT2D eigenvalue weighted by molar-refractivity contribution is 6.30. The molecule has 25 heavy (non-hydrogen) atoms. The van der Waals surface area contributed by atoms with Crippen LogP contribution in [0.15, 0.2) is 72.9 Å². The fraction of sp³-hybridized carbons (Fsp3) is 0.0500. The van der Waals surface area contributed by atoms with Crippen molar-refractivity contribution in [3.05, 3.63) is 89.3 Å². The van der Waals surface area contributed by atoms with Crippen LogP contribution in [0.3, 0.4) is 0 Å². The fourth-order valence-electron chi connectivity index (χ4n) is 2.84. The Morgan fingerprint density at radius 2 is 1.84 bits per heavy atom. The average Bonchev–Trinajstić information content (AvgIpc) is 2.99. The van der Waals surface area contributed by atoms with Crippen LogP contribution in [0.5, 0.6) is 0 Å². The van der Waals surface area contributed by atoms with Gasteiger partial charge in [-0.3, -0.25) is 4.40 Å². The maximum atomic E-state index is 14.3. The lowest BCUT2D eigenvalue weighted by atomic mass is 10.1. The fourth-order valence-corrected chi connectivity index (χ4v) is 3.05. The van der Waals surface area contributed by atoms with Gasteiger partial charge in [0.2, 0.25) is 0 Å². The maximum Gasteiger partial charge on any atom is 0.139 e. The summed E-state index contributed by atoms with van der Waals surface area (Å²) in [6.45, 7) is 0.560. The number of anilines is 1. The molecule has 4 aromatic rings. The zero-order valence-electron chi connectivity index (χ0n) is 13.3. The van der Waals surface area contributed by atoms with Crippen LogP contribution in [0.4, 0.5) is 10.2 Å². The largest absolute Gasteiger partial charge is 0.365 e. The van der Waals surface area contributed by atoms with Crippen LogP contribution in [0, 0.1) is 5.82 Å². The number of imidazole rings is 1. The molecule has 3 nitrogen and oxygen atoms in total. The Balaban J connectivity index is 1.78. The van der Waals surface area contributed by atoms with Crippen molar-refractivity contribution < 1.29 is 4.39 Å². The number of rotatable bonds is 4. The molecule has 0 aliphatic heterocycles. The summed E-state index contributed by atoms with van der Waals surface area (Å²) in [6.07, 6.45) is 1.91. The molecule has 0 bridgehead atoms. The molecule has 0 saturated heterocycles. The van der Waals surface area contributed by atoms with E-state index in [0.717, 1.165) is 17.0 Å². The van der Waals surface area contributed by atoms with Crippen molar-refractivity contribution in [2.75, 3.05) is 5.32 Å². The van der Waals surface area contributed by atoms with Gasteiger partial charge in [-0.1, -0.05) is 41.9 Å². The second kappa shape index (κ2) is 6.57. The Bertz CT molecular complexity index is 1040. The molecule has 0 saturated carbocycles. The van der Waals surface area contributed by atoms with E-state index in [9.17, 15) is 4.39 Å². The van der Waals surface area contributed by atoms with E-state index in [1.165, 1.54) is 6.07 Å². The second-order valence-electron chi connectivity index (χ2n) is 5.70. The SMILES string of the molecule is Fc1ccccc1-c1nc2ccccn2c1NCc1cccc(Cl)c1. The zero-order chi connectivity index (χ0) is 17.2. The Morgan fingerprint density at radius 1 is 1.00 bits per heavy atom. The molecule has 2 heterocycles. The van der Waals surface area contributed by atoms with Gasteiger partial charge in [0, 0.05) is 23.3 Å². The first-order chi connectivity index (χ1) is 12.2. The number of benzene rings is 2. The van der Waals surface area contributed by atoms with Gasteiger partial charge in [-0.05, 0) is 42.0 Å². The molecule has 0 aliphatic carbocycles. The number of hydrogen-bond acceptors (Lipinski definition) is 2. The van der Waals surface area contributed by atoms with Gasteiger partial charge in [-0.2, -0.15) is 0 Å². The van der Waals surface area contributed by atoms with Crippen LogP contribution in [-0.2, 0) is 6.54 Å². The zero-order valence-corrected chi connectivity index (χ0v) is 14.0. The molecule has 5 heteroatoms. The summed E-state index contributed by atoms with van der Waals surface area (Å²) < 4.78 is 16.2. The number of hydrogen-bond donors (Lipinski definition) is 1. The number of aromatic nitrogens is 2. The van der Waals surface area contributed by atoms with Crippen molar-refractivity contribution in [1.82, 2.24) is 9.38 Å². The van der Waals surface area contributed by atoms with E-state index < -0.39 is 0 Å². The highest BCUT2D eigenvalue weighted by atomic mass is 35.5. The number of fused-ring (bicyclic) bond motifs is 1. The van der Waals surface area contributed by atoms with Crippen LogP contribution in [-0.4, -0.2) is 9.38 Å². The molecule has 4 rings (SSSR count). The summed E-state index contributed by atoms with van der Waals surface area (Å²) in [4.78, 5) is 4.61. The van der Waals surface area contributed by atoms with Gasteiger partial charge in [0.05, 0.1) is 0 Å². The van der Waals surface area contributed by atoms with Crippen LogP contribution >= 0.6 is 11.6 Å². The van der Waals surface area contributed by atoms with Crippen LogP contribution in [0.25, 0.3) is 16.9 Å². The summed E-state index contributed by atoms with van der Waals surface area (Å²) in [5, 5.41) is 4.07. The van der Waals surface area contributed by atoms with E-state index in [1.807, 2.05) is 59.1 Å². The highest BCUT2D eigenvalue weighted by Gasteiger charge is 2.16. The van der Waals surface area contributed by atoms with Crippen LogP contribution in [0.1, 0.15) is 5.56 Å². The first kappa shape index (κ1) is 15.7. The monoisotopic (exact) mass is 351 g/mol. The molecular weight excluding hydrogens is 337 g/mol. The van der Waals surface area contributed by atoms with Gasteiger partial charge in [0.25, 0.3) is 0 Å². The second-order valence-corrected chi connectivity index (χ2v) is 6.14. The van der Waals surface area contributed by atoms with Gasteiger partial charge in [-0.15, -0.1) is 0 Å². The van der Waals surface area contributed by atoms with E-state index in [-0.39, 0.29) is 5.82 Å². The minimum Gasteiger partial charge on any atom is -0.365 e. The van der Waals surface area contributed by atoms with Crippen molar-refractivity contribution in [1.29, 1.82) is 0 Å². The van der Waals surface area contributed by atoms with Crippen molar-refractivity contribution in [2.24, 2.45) is 0 Å². The molecule has 2 aromatic carbocycles. The summed E-state index contributed by atoms with van der Waals surface area (Å²) in [5.41, 5.74) is 2.86. The maximum absolute atomic E-state index is 14.3. The minimum absolute atomic E-state index is 0.295. The number of nitrogens with zero attached hydrogens (tertiary/aromatic N) is 2. The molecule has 0 spiro atoms. The molecule has 1 N–H and O–H groups in total. The molecule has 0 fully saturated rings. The topological polar surface area (TPSA) is 29.3 Å². The van der Waals surface area contributed by atoms with E-state index in [2.05, 4.69) is 10.3 Å². The third-order valence-corrected chi connectivity index (χ3v) is 4.24. The molecular formula is C20H15ClFN3. The van der Waals surface area contributed by atoms with Crippen LogP contribution in [0.2, 0.25) is 5.02 Å². The van der Waals surface area contributed by atoms with Crippen molar-refractivity contribution >= 4 is 23.1 Å². The third kappa shape index (κ3) is 3.08. The number of nitrogens with one attached hydrogen (secondary N) is 1. The molecule has 0 unspecified atom stereocenters. The standard InChI is InChI=1S/C20H15ClFN3/c21-15-7-5-6-14(12-15)13-23-20-19(16-8-1-2-9-17(16)22)24-18-10-3-4-11-25(18)20/h1-12,23H,13H2. The van der Waals surface area contributed by atoms with E-state index >= 15 is 0 Å². The Morgan fingerprint density at radius 3 is 2.68 bits per heavy atom. The Kier molecular flexibility index (Phi) is 4.12.